The van der Waals surface area contributed by atoms with Crippen molar-refractivity contribution < 1.29 is 19.1 Å². The van der Waals surface area contributed by atoms with Crippen molar-refractivity contribution in [3.8, 4) is 11.5 Å². The smallest absolute Gasteiger partial charge is 0.415 e. The number of hydrogen-bond donors (Lipinski definition) is 0. The number of hydrogen-bond acceptors (Lipinski definition) is 4. The summed E-state index contributed by atoms with van der Waals surface area (Å²) in [6, 6.07) is 7.15. The Morgan fingerprint density at radius 2 is 1.00 bits per heavy atom. The lowest BCUT2D eigenvalue weighted by atomic mass is 10.1. The van der Waals surface area contributed by atoms with E-state index in [0.29, 0.717) is 37.7 Å². The van der Waals surface area contributed by atoms with E-state index >= 15 is 0 Å². The molecule has 0 unspecified atom stereocenters. The Morgan fingerprint density at radius 1 is 0.677 bits per heavy atom. The zero-order chi connectivity index (χ0) is 22.7. The quantitative estimate of drug-likeness (QED) is 0.388. The van der Waals surface area contributed by atoms with Crippen LogP contribution in [-0.2, 0) is 9.59 Å². The Bertz CT molecular complexity index is 632. The van der Waals surface area contributed by atoms with Crippen molar-refractivity contribution in [3.63, 3.8) is 0 Å². The molecule has 2 amide bonds. The highest BCUT2D eigenvalue weighted by atomic mass is 16.7. The van der Waals surface area contributed by atoms with E-state index in [1.807, 2.05) is 12.1 Å². The van der Waals surface area contributed by atoms with E-state index in [2.05, 4.69) is 27.7 Å². The third-order valence-electron chi connectivity index (χ3n) is 5.62. The minimum atomic E-state index is -1.97. The molecule has 0 aromatic heterocycles. The molecule has 31 heavy (non-hydrogen) atoms. The molecule has 0 fully saturated rings. The van der Waals surface area contributed by atoms with Crippen LogP contribution in [0.4, 0.5) is 0 Å². The Balaban J connectivity index is 2.40. The molecule has 0 bridgehead atoms. The topological polar surface area (TPSA) is 59.1 Å². The molecule has 1 heterocycles. The summed E-state index contributed by atoms with van der Waals surface area (Å²) >= 11 is 0. The van der Waals surface area contributed by atoms with Crippen LogP contribution >= 0.6 is 0 Å². The van der Waals surface area contributed by atoms with Gasteiger partial charge in [-0.1, -0.05) is 65.5 Å². The molecule has 0 atom stereocenters. The van der Waals surface area contributed by atoms with Gasteiger partial charge in [0.2, 0.25) is 0 Å². The molecule has 0 saturated carbocycles. The molecular formula is C25H40N2O4. The number of ether oxygens (including phenoxy) is 2. The fraction of sp³-hybridized carbons (Fsp3) is 0.680. The van der Waals surface area contributed by atoms with Crippen molar-refractivity contribution in [2.45, 2.75) is 84.8 Å². The van der Waals surface area contributed by atoms with Crippen LogP contribution < -0.4 is 9.47 Å². The van der Waals surface area contributed by atoms with Gasteiger partial charge in [-0.25, -0.2) is 0 Å². The first-order valence-electron chi connectivity index (χ1n) is 12.1. The second kappa shape index (κ2) is 12.6. The van der Waals surface area contributed by atoms with E-state index < -0.39 is 5.79 Å². The third kappa shape index (κ3) is 6.14. The summed E-state index contributed by atoms with van der Waals surface area (Å²) in [4.78, 5) is 31.3. The molecule has 1 aromatic rings. The Morgan fingerprint density at radius 3 is 1.29 bits per heavy atom. The average Bonchev–Trinajstić information content (AvgIpc) is 3.19. The Labute approximate surface area is 187 Å². The fourth-order valence-corrected chi connectivity index (χ4v) is 3.66. The van der Waals surface area contributed by atoms with Gasteiger partial charge in [-0.3, -0.25) is 9.59 Å². The van der Waals surface area contributed by atoms with Crippen molar-refractivity contribution in [2.75, 3.05) is 26.2 Å². The Kier molecular flexibility index (Phi) is 10.2. The molecule has 0 N–H and O–H groups in total. The molecular weight excluding hydrogens is 392 g/mol. The molecule has 0 saturated heterocycles. The second-order valence-electron chi connectivity index (χ2n) is 8.27. The highest BCUT2D eigenvalue weighted by Gasteiger charge is 2.59. The van der Waals surface area contributed by atoms with Gasteiger partial charge < -0.3 is 19.3 Å². The first-order valence-corrected chi connectivity index (χ1v) is 12.1. The summed E-state index contributed by atoms with van der Waals surface area (Å²) in [6.07, 6.45) is 7.39. The van der Waals surface area contributed by atoms with E-state index in [1.165, 1.54) is 0 Å². The summed E-state index contributed by atoms with van der Waals surface area (Å²) < 4.78 is 12.2. The molecule has 174 valence electrons. The first-order chi connectivity index (χ1) is 15.0. The maximum absolute atomic E-state index is 13.9. The van der Waals surface area contributed by atoms with E-state index in [1.54, 1.807) is 21.9 Å². The molecule has 6 heteroatoms. The number of rotatable bonds is 14. The van der Waals surface area contributed by atoms with Crippen LogP contribution in [0.3, 0.4) is 0 Å². The van der Waals surface area contributed by atoms with Gasteiger partial charge in [-0.15, -0.1) is 0 Å². The molecule has 1 aromatic carbocycles. The zero-order valence-electron chi connectivity index (χ0n) is 19.8. The molecule has 1 aliphatic heterocycles. The normalized spacial score (nSPS) is 13.8. The van der Waals surface area contributed by atoms with E-state index in [9.17, 15) is 9.59 Å². The largest absolute Gasteiger partial charge is 0.433 e. The number of para-hydroxylation sites is 2. The monoisotopic (exact) mass is 432 g/mol. The van der Waals surface area contributed by atoms with Gasteiger partial charge in [-0.05, 0) is 37.8 Å². The van der Waals surface area contributed by atoms with Crippen LogP contribution in [0.2, 0.25) is 0 Å². The van der Waals surface area contributed by atoms with Crippen LogP contribution in [0.5, 0.6) is 11.5 Å². The van der Waals surface area contributed by atoms with Crippen LogP contribution in [0, 0.1) is 0 Å². The highest BCUT2D eigenvalue weighted by Crippen LogP contribution is 2.41. The molecule has 6 nitrogen and oxygen atoms in total. The van der Waals surface area contributed by atoms with Crippen molar-refractivity contribution in [3.05, 3.63) is 24.3 Å². The van der Waals surface area contributed by atoms with Gasteiger partial charge in [0.15, 0.2) is 11.5 Å². The van der Waals surface area contributed by atoms with Crippen LogP contribution in [0.25, 0.3) is 0 Å². The number of carbonyl (C=O) groups excluding carboxylic acids is 2. The zero-order valence-corrected chi connectivity index (χ0v) is 19.8. The van der Waals surface area contributed by atoms with Crippen molar-refractivity contribution in [1.29, 1.82) is 0 Å². The van der Waals surface area contributed by atoms with Crippen LogP contribution in [0.15, 0.2) is 24.3 Å². The summed E-state index contributed by atoms with van der Waals surface area (Å²) in [6.45, 7) is 10.8. The van der Waals surface area contributed by atoms with E-state index in [4.69, 9.17) is 9.47 Å². The number of fused-ring (bicyclic) bond motifs is 1. The maximum Gasteiger partial charge on any atom is 0.415 e. The third-order valence-corrected chi connectivity index (χ3v) is 5.62. The van der Waals surface area contributed by atoms with Crippen molar-refractivity contribution >= 4 is 11.8 Å². The number of benzene rings is 1. The van der Waals surface area contributed by atoms with Crippen LogP contribution in [-0.4, -0.2) is 53.6 Å². The van der Waals surface area contributed by atoms with E-state index in [-0.39, 0.29) is 11.8 Å². The molecule has 1 aliphatic rings. The van der Waals surface area contributed by atoms with Gasteiger partial charge in [0, 0.05) is 26.2 Å². The standard InChI is InChI=1S/C25H40N2O4/c1-5-9-17-26(18-10-6-2)23(28)25(30-21-15-13-14-16-22(21)31-25)24(29)27(19-11-7-3)20-12-8-4/h13-16H,5-12,17-20H2,1-4H3. The molecule has 0 radical (unpaired) electrons. The minimum Gasteiger partial charge on any atom is -0.433 e. The van der Waals surface area contributed by atoms with Gasteiger partial charge in [0.25, 0.3) is 0 Å². The molecule has 0 aliphatic carbocycles. The second-order valence-corrected chi connectivity index (χ2v) is 8.27. The van der Waals surface area contributed by atoms with Gasteiger partial charge in [-0.2, -0.15) is 0 Å². The lowest BCUT2D eigenvalue weighted by Gasteiger charge is -2.35. The average molecular weight is 433 g/mol. The van der Waals surface area contributed by atoms with Crippen molar-refractivity contribution in [1.82, 2.24) is 9.80 Å². The lowest BCUT2D eigenvalue weighted by molar-refractivity contribution is -0.185. The highest BCUT2D eigenvalue weighted by molar-refractivity contribution is 6.08. The van der Waals surface area contributed by atoms with Crippen LogP contribution in [0.1, 0.15) is 79.1 Å². The SMILES string of the molecule is CCCCN(CCCC)C(=O)C1(C(=O)N(CCCC)CCCC)Oc2ccccc2O1. The van der Waals surface area contributed by atoms with E-state index in [0.717, 1.165) is 51.4 Å². The summed E-state index contributed by atoms with van der Waals surface area (Å²) in [5.41, 5.74) is 0. The summed E-state index contributed by atoms with van der Waals surface area (Å²) in [7, 11) is 0. The number of nitrogens with zero attached hydrogens (tertiary/aromatic N) is 2. The fourth-order valence-electron chi connectivity index (χ4n) is 3.66. The lowest BCUT2D eigenvalue weighted by Crippen LogP contribution is -2.64. The van der Waals surface area contributed by atoms with Gasteiger partial charge in [0.05, 0.1) is 0 Å². The first kappa shape index (κ1) is 25.0. The van der Waals surface area contributed by atoms with Gasteiger partial charge >= 0.3 is 17.6 Å². The number of unbranched alkanes of at least 4 members (excludes halogenated alkanes) is 4. The minimum absolute atomic E-state index is 0.381. The Hall–Kier alpha value is -2.24. The predicted octanol–water partition coefficient (Wildman–Crippen LogP) is 5.01. The summed E-state index contributed by atoms with van der Waals surface area (Å²) in [5.74, 6) is -1.84. The van der Waals surface area contributed by atoms with Gasteiger partial charge in [0.1, 0.15) is 0 Å². The molecule has 2 rings (SSSR count). The number of amides is 2. The maximum atomic E-state index is 13.9. The number of carbonyl (C=O) groups is 2. The summed E-state index contributed by atoms with van der Waals surface area (Å²) in [5, 5.41) is 0. The van der Waals surface area contributed by atoms with Crippen molar-refractivity contribution in [2.24, 2.45) is 0 Å². The molecule has 0 spiro atoms. The predicted molar refractivity (Wildman–Crippen MR) is 123 cm³/mol.